The van der Waals surface area contributed by atoms with Crippen molar-refractivity contribution >= 4 is 50.6 Å². The second kappa shape index (κ2) is 7.34. The Labute approximate surface area is 160 Å². The lowest BCUT2D eigenvalue weighted by Crippen LogP contribution is -2.25. The molecule has 5 nitrogen and oxygen atoms in total. The molecule has 7 heteroatoms. The summed E-state index contributed by atoms with van der Waals surface area (Å²) in [6, 6.07) is 10.1. The van der Waals surface area contributed by atoms with Crippen molar-refractivity contribution in [2.75, 3.05) is 24.7 Å². The minimum atomic E-state index is 0.128. The van der Waals surface area contributed by atoms with Gasteiger partial charge < -0.3 is 10.2 Å². The average molecular weight is 385 g/mol. The molecule has 26 heavy (non-hydrogen) atoms. The third-order valence-corrected chi connectivity index (χ3v) is 6.41. The van der Waals surface area contributed by atoms with E-state index in [2.05, 4.69) is 17.3 Å². The molecular formula is C19H20N4OS2. The van der Waals surface area contributed by atoms with E-state index < -0.39 is 0 Å². The maximum absolute atomic E-state index is 11.4. The van der Waals surface area contributed by atoms with E-state index in [9.17, 15) is 4.79 Å². The van der Waals surface area contributed by atoms with Crippen LogP contribution in [-0.2, 0) is 17.8 Å². The average Bonchev–Trinajstić information content (AvgIpc) is 2.98. The van der Waals surface area contributed by atoms with Gasteiger partial charge in [-0.2, -0.15) is 0 Å². The number of rotatable bonds is 5. The number of anilines is 2. The summed E-state index contributed by atoms with van der Waals surface area (Å²) in [5.74, 6) is 1.36. The Morgan fingerprint density at radius 1 is 1.31 bits per heavy atom. The number of para-hydroxylation sites is 1. The van der Waals surface area contributed by atoms with Crippen molar-refractivity contribution in [1.29, 1.82) is 0 Å². The van der Waals surface area contributed by atoms with Crippen LogP contribution in [0.15, 0.2) is 35.5 Å². The second-order valence-electron chi connectivity index (χ2n) is 6.51. The number of carbonyl (C=O) groups is 1. The first-order valence-electron chi connectivity index (χ1n) is 8.55. The largest absolute Gasteiger partial charge is 0.340 e. The normalized spacial score (nSPS) is 14.4. The smallest absolute Gasteiger partial charge is 0.191 e. The van der Waals surface area contributed by atoms with Gasteiger partial charge in [-0.1, -0.05) is 30.0 Å². The Balaban J connectivity index is 1.80. The molecule has 2 aromatic heterocycles. The van der Waals surface area contributed by atoms with E-state index in [1.54, 1.807) is 18.3 Å². The molecule has 1 N–H and O–H groups in total. The first kappa shape index (κ1) is 17.5. The number of carbonyl (C=O) groups excluding carboxylic acids is 1. The van der Waals surface area contributed by atoms with Crippen molar-refractivity contribution in [2.24, 2.45) is 0 Å². The van der Waals surface area contributed by atoms with Crippen molar-refractivity contribution in [1.82, 2.24) is 14.9 Å². The Hall–Kier alpha value is -1.96. The summed E-state index contributed by atoms with van der Waals surface area (Å²) in [5.41, 5.74) is 2.37. The summed E-state index contributed by atoms with van der Waals surface area (Å²) in [7, 11) is 2.15. The van der Waals surface area contributed by atoms with Crippen LogP contribution in [0.1, 0.15) is 17.4 Å². The molecule has 4 rings (SSSR count). The van der Waals surface area contributed by atoms with Crippen molar-refractivity contribution in [2.45, 2.75) is 25.0 Å². The molecule has 3 aromatic rings. The summed E-state index contributed by atoms with van der Waals surface area (Å²) in [4.78, 5) is 25.6. The molecular weight excluding hydrogens is 364 g/mol. The molecule has 0 saturated carbocycles. The lowest BCUT2D eigenvalue weighted by atomic mass is 10.1. The molecule has 0 spiro atoms. The summed E-state index contributed by atoms with van der Waals surface area (Å²) in [5, 5.41) is 5.25. The molecule has 0 atom stereocenters. The Bertz CT molecular complexity index is 955. The molecule has 134 valence electrons. The number of nitrogens with one attached hydrogen (secondary N) is 1. The molecule has 0 fully saturated rings. The lowest BCUT2D eigenvalue weighted by molar-refractivity contribution is -0.114. The Kier molecular flexibility index (Phi) is 4.93. The fraction of sp³-hybridized carbons (Fsp3) is 0.316. The molecule has 0 amide bonds. The Morgan fingerprint density at radius 3 is 2.88 bits per heavy atom. The van der Waals surface area contributed by atoms with E-state index in [0.29, 0.717) is 10.9 Å². The number of hydrogen-bond acceptors (Lipinski definition) is 7. The molecule has 1 aliphatic heterocycles. The quantitative estimate of drug-likeness (QED) is 0.528. The second-order valence-corrected chi connectivity index (χ2v) is 8.53. The lowest BCUT2D eigenvalue weighted by Gasteiger charge is -2.22. The van der Waals surface area contributed by atoms with Crippen LogP contribution < -0.4 is 5.32 Å². The summed E-state index contributed by atoms with van der Waals surface area (Å²) < 4.78 is 0. The number of hydrogen-bond donors (Lipinski definition) is 1. The van der Waals surface area contributed by atoms with E-state index in [4.69, 9.17) is 9.97 Å². The first-order valence-corrected chi connectivity index (χ1v) is 10.4. The number of ketones is 1. The number of aromatic nitrogens is 2. The van der Waals surface area contributed by atoms with Crippen LogP contribution in [0.5, 0.6) is 0 Å². The van der Waals surface area contributed by atoms with E-state index in [1.165, 1.54) is 22.2 Å². The number of nitrogens with zero attached hydrogens (tertiary/aromatic N) is 3. The van der Waals surface area contributed by atoms with Crippen LogP contribution in [0.25, 0.3) is 10.2 Å². The minimum absolute atomic E-state index is 0.128. The molecule has 1 aromatic carbocycles. The molecule has 0 unspecified atom stereocenters. The van der Waals surface area contributed by atoms with Crippen molar-refractivity contribution < 1.29 is 4.79 Å². The number of Topliss-reactive ketones (excluding diaryl/α,β-unsaturated/α-hetero) is 1. The van der Waals surface area contributed by atoms with Gasteiger partial charge in [0, 0.05) is 23.7 Å². The fourth-order valence-corrected chi connectivity index (χ4v) is 5.08. The zero-order valence-corrected chi connectivity index (χ0v) is 16.4. The van der Waals surface area contributed by atoms with E-state index in [0.717, 1.165) is 41.2 Å². The number of thioether (sulfide) groups is 1. The fourth-order valence-electron chi connectivity index (χ4n) is 3.08. The number of fused-ring (bicyclic) bond motifs is 3. The molecule has 1 aliphatic rings. The van der Waals surface area contributed by atoms with Gasteiger partial charge in [0.2, 0.25) is 0 Å². The van der Waals surface area contributed by atoms with Gasteiger partial charge in [-0.15, -0.1) is 11.3 Å². The van der Waals surface area contributed by atoms with Crippen LogP contribution >= 0.6 is 23.1 Å². The van der Waals surface area contributed by atoms with Crippen LogP contribution in [0, 0.1) is 0 Å². The minimum Gasteiger partial charge on any atom is -0.340 e. The predicted molar refractivity (Wildman–Crippen MR) is 109 cm³/mol. The number of thiophene rings is 1. The summed E-state index contributed by atoms with van der Waals surface area (Å²) in [6.45, 7) is 3.59. The third-order valence-electron chi connectivity index (χ3n) is 4.31. The van der Waals surface area contributed by atoms with Crippen LogP contribution in [0.3, 0.4) is 0 Å². The van der Waals surface area contributed by atoms with Gasteiger partial charge in [0.05, 0.1) is 11.1 Å². The standard InChI is InChI=1S/C19H20N4OS2/c1-12(24)11-25-19-21-17(20-13-6-4-3-5-7-13)16-14-8-9-23(2)10-15(14)26-18(16)22-19/h3-7H,8-11H2,1-2H3,(H,20,21,22). The highest BCUT2D eigenvalue weighted by Crippen LogP contribution is 2.39. The Morgan fingerprint density at radius 2 is 2.12 bits per heavy atom. The maximum Gasteiger partial charge on any atom is 0.191 e. The highest BCUT2D eigenvalue weighted by atomic mass is 32.2. The molecule has 0 radical (unpaired) electrons. The topological polar surface area (TPSA) is 58.1 Å². The van der Waals surface area contributed by atoms with Gasteiger partial charge in [0.25, 0.3) is 0 Å². The number of likely N-dealkylation sites (N-methyl/N-ethyl adjacent to an activating group) is 1. The molecule has 0 saturated heterocycles. The zero-order valence-electron chi connectivity index (χ0n) is 14.8. The summed E-state index contributed by atoms with van der Waals surface area (Å²) in [6.07, 6.45) is 1.01. The van der Waals surface area contributed by atoms with Crippen molar-refractivity contribution in [3.63, 3.8) is 0 Å². The van der Waals surface area contributed by atoms with Crippen LogP contribution in [-0.4, -0.2) is 40.0 Å². The van der Waals surface area contributed by atoms with Crippen LogP contribution in [0.2, 0.25) is 0 Å². The van der Waals surface area contributed by atoms with Gasteiger partial charge in [-0.3, -0.25) is 4.79 Å². The van der Waals surface area contributed by atoms with Gasteiger partial charge in [-0.25, -0.2) is 9.97 Å². The van der Waals surface area contributed by atoms with Gasteiger partial charge in [0.1, 0.15) is 16.4 Å². The van der Waals surface area contributed by atoms with Gasteiger partial charge >= 0.3 is 0 Å². The highest BCUT2D eigenvalue weighted by molar-refractivity contribution is 7.99. The van der Waals surface area contributed by atoms with Crippen molar-refractivity contribution in [3.05, 3.63) is 40.8 Å². The zero-order chi connectivity index (χ0) is 18.1. The van der Waals surface area contributed by atoms with E-state index in [1.807, 2.05) is 30.3 Å². The third kappa shape index (κ3) is 3.60. The predicted octanol–water partition coefficient (Wildman–Crippen LogP) is 4.10. The van der Waals surface area contributed by atoms with E-state index >= 15 is 0 Å². The monoisotopic (exact) mass is 384 g/mol. The highest BCUT2D eigenvalue weighted by Gasteiger charge is 2.23. The van der Waals surface area contributed by atoms with Gasteiger partial charge in [0.15, 0.2) is 5.16 Å². The number of benzene rings is 1. The summed E-state index contributed by atoms with van der Waals surface area (Å²) >= 11 is 3.14. The van der Waals surface area contributed by atoms with Crippen LogP contribution in [0.4, 0.5) is 11.5 Å². The maximum atomic E-state index is 11.4. The molecule has 3 heterocycles. The van der Waals surface area contributed by atoms with E-state index in [-0.39, 0.29) is 5.78 Å². The SMILES string of the molecule is CC(=O)CSc1nc(Nc2ccccc2)c2c3c(sc2n1)CN(C)CC3. The molecule has 0 bridgehead atoms. The van der Waals surface area contributed by atoms with Crippen molar-refractivity contribution in [3.8, 4) is 0 Å². The molecule has 0 aliphatic carbocycles. The first-order chi connectivity index (χ1) is 12.6. The van der Waals surface area contributed by atoms with Gasteiger partial charge in [-0.05, 0) is 38.1 Å².